The van der Waals surface area contributed by atoms with E-state index in [0.717, 1.165) is 6.54 Å². The molecule has 0 heterocycles. The number of nitrogens with one attached hydrogen (secondary N) is 1. The molecule has 0 unspecified atom stereocenters. The number of nitrogens with two attached hydrogens (primary N) is 1. The molecule has 0 radical (unpaired) electrons. The SMILES string of the molecule is Cc1cc(C)cc(CNCCOC(N)=O)c1. The van der Waals surface area contributed by atoms with Gasteiger partial charge in [-0.25, -0.2) is 4.79 Å². The summed E-state index contributed by atoms with van der Waals surface area (Å²) in [6, 6.07) is 6.41. The number of carbonyl (C=O) groups excluding carboxylic acids is 1. The quantitative estimate of drug-likeness (QED) is 0.742. The van der Waals surface area contributed by atoms with E-state index in [1.54, 1.807) is 0 Å². The van der Waals surface area contributed by atoms with Gasteiger partial charge in [-0.15, -0.1) is 0 Å². The summed E-state index contributed by atoms with van der Waals surface area (Å²) in [6.07, 6.45) is -0.729. The second kappa shape index (κ2) is 6.12. The van der Waals surface area contributed by atoms with Gasteiger partial charge in [-0.1, -0.05) is 29.3 Å². The molecule has 1 amide bonds. The number of hydrogen-bond donors (Lipinski definition) is 2. The number of benzene rings is 1. The van der Waals surface area contributed by atoms with Gasteiger partial charge in [0, 0.05) is 13.1 Å². The average molecular weight is 222 g/mol. The molecule has 88 valence electrons. The summed E-state index contributed by atoms with van der Waals surface area (Å²) in [5.74, 6) is 0. The number of ether oxygens (including phenoxy) is 1. The van der Waals surface area contributed by atoms with Gasteiger partial charge >= 0.3 is 6.09 Å². The van der Waals surface area contributed by atoms with E-state index < -0.39 is 6.09 Å². The van der Waals surface area contributed by atoms with Crippen LogP contribution >= 0.6 is 0 Å². The Kier molecular flexibility index (Phi) is 4.79. The van der Waals surface area contributed by atoms with Crippen molar-refractivity contribution in [3.8, 4) is 0 Å². The molecule has 0 atom stereocenters. The molecule has 0 aromatic heterocycles. The summed E-state index contributed by atoms with van der Waals surface area (Å²) in [5, 5.41) is 3.18. The normalized spacial score (nSPS) is 10.1. The molecule has 1 aromatic carbocycles. The minimum atomic E-state index is -0.729. The highest BCUT2D eigenvalue weighted by molar-refractivity contribution is 5.64. The van der Waals surface area contributed by atoms with Gasteiger partial charge in [-0.05, 0) is 19.4 Å². The zero-order chi connectivity index (χ0) is 12.0. The van der Waals surface area contributed by atoms with Crippen LogP contribution in [-0.2, 0) is 11.3 Å². The molecule has 0 bridgehead atoms. The van der Waals surface area contributed by atoms with Crippen LogP contribution < -0.4 is 11.1 Å². The molecule has 0 saturated heterocycles. The number of hydrogen-bond acceptors (Lipinski definition) is 3. The van der Waals surface area contributed by atoms with E-state index in [4.69, 9.17) is 5.73 Å². The third-order valence-electron chi connectivity index (χ3n) is 2.13. The topological polar surface area (TPSA) is 64.3 Å². The van der Waals surface area contributed by atoms with Gasteiger partial charge in [-0.3, -0.25) is 0 Å². The van der Waals surface area contributed by atoms with Crippen molar-refractivity contribution in [3.05, 3.63) is 34.9 Å². The third-order valence-corrected chi connectivity index (χ3v) is 2.13. The van der Waals surface area contributed by atoms with Crippen molar-refractivity contribution in [3.63, 3.8) is 0 Å². The first-order chi connectivity index (χ1) is 7.58. The van der Waals surface area contributed by atoms with Crippen LogP contribution in [-0.4, -0.2) is 19.2 Å². The second-order valence-corrected chi connectivity index (χ2v) is 3.84. The number of primary amides is 1. The number of aryl methyl sites for hydroxylation is 2. The molecule has 1 aromatic rings. The smallest absolute Gasteiger partial charge is 0.404 e. The van der Waals surface area contributed by atoms with E-state index in [1.807, 2.05) is 0 Å². The Morgan fingerprint density at radius 1 is 1.31 bits per heavy atom. The Hall–Kier alpha value is -1.55. The fraction of sp³-hybridized carbons (Fsp3) is 0.417. The first-order valence-corrected chi connectivity index (χ1v) is 5.28. The van der Waals surface area contributed by atoms with E-state index in [-0.39, 0.29) is 0 Å². The highest BCUT2D eigenvalue weighted by Crippen LogP contribution is 2.08. The molecule has 0 aliphatic heterocycles. The zero-order valence-corrected chi connectivity index (χ0v) is 9.75. The predicted molar refractivity (Wildman–Crippen MR) is 63.2 cm³/mol. The lowest BCUT2D eigenvalue weighted by Gasteiger charge is -2.07. The minimum absolute atomic E-state index is 0.306. The molecule has 16 heavy (non-hydrogen) atoms. The molecular weight excluding hydrogens is 204 g/mol. The summed E-state index contributed by atoms with van der Waals surface area (Å²) < 4.78 is 4.60. The Labute approximate surface area is 95.8 Å². The van der Waals surface area contributed by atoms with Crippen LogP contribution in [0.4, 0.5) is 4.79 Å². The van der Waals surface area contributed by atoms with Crippen molar-refractivity contribution in [2.24, 2.45) is 5.73 Å². The van der Waals surface area contributed by atoms with Crippen molar-refractivity contribution < 1.29 is 9.53 Å². The molecule has 0 aliphatic rings. The fourth-order valence-corrected chi connectivity index (χ4v) is 1.63. The zero-order valence-electron chi connectivity index (χ0n) is 9.75. The Bertz CT molecular complexity index is 344. The maximum atomic E-state index is 10.3. The molecule has 4 nitrogen and oxygen atoms in total. The molecule has 0 spiro atoms. The van der Waals surface area contributed by atoms with Crippen molar-refractivity contribution in [2.75, 3.05) is 13.2 Å². The first kappa shape index (κ1) is 12.5. The van der Waals surface area contributed by atoms with Gasteiger partial charge in [0.2, 0.25) is 0 Å². The Morgan fingerprint density at radius 3 is 2.50 bits per heavy atom. The molecule has 1 rings (SSSR count). The van der Waals surface area contributed by atoms with Crippen LogP contribution in [0.25, 0.3) is 0 Å². The fourth-order valence-electron chi connectivity index (χ4n) is 1.63. The van der Waals surface area contributed by atoms with Gasteiger partial charge in [0.15, 0.2) is 0 Å². The lowest BCUT2D eigenvalue weighted by Crippen LogP contribution is -2.23. The summed E-state index contributed by atoms with van der Waals surface area (Å²) >= 11 is 0. The number of amides is 1. The maximum Gasteiger partial charge on any atom is 0.404 e. The Morgan fingerprint density at radius 2 is 1.94 bits per heavy atom. The number of carbonyl (C=O) groups is 1. The lowest BCUT2D eigenvalue weighted by molar-refractivity contribution is 0.157. The van der Waals surface area contributed by atoms with Crippen LogP contribution in [0, 0.1) is 13.8 Å². The summed E-state index contributed by atoms with van der Waals surface area (Å²) in [5.41, 5.74) is 8.58. The van der Waals surface area contributed by atoms with E-state index in [9.17, 15) is 4.79 Å². The van der Waals surface area contributed by atoms with Gasteiger partial charge in [0.25, 0.3) is 0 Å². The van der Waals surface area contributed by atoms with E-state index >= 15 is 0 Å². The standard InChI is InChI=1S/C12H18N2O2/c1-9-5-10(2)7-11(6-9)8-14-3-4-16-12(13)15/h5-7,14H,3-4,8H2,1-2H3,(H2,13,15). The van der Waals surface area contributed by atoms with E-state index in [2.05, 4.69) is 42.1 Å². The average Bonchev–Trinajstić information content (AvgIpc) is 2.15. The van der Waals surface area contributed by atoms with Gasteiger partial charge in [0.1, 0.15) is 6.61 Å². The van der Waals surface area contributed by atoms with Gasteiger partial charge in [0.05, 0.1) is 0 Å². The van der Waals surface area contributed by atoms with Crippen LogP contribution in [0.5, 0.6) is 0 Å². The minimum Gasteiger partial charge on any atom is -0.448 e. The molecule has 0 saturated carbocycles. The number of rotatable bonds is 5. The van der Waals surface area contributed by atoms with Crippen LogP contribution in [0.3, 0.4) is 0 Å². The predicted octanol–water partition coefficient (Wildman–Crippen LogP) is 1.49. The van der Waals surface area contributed by atoms with Crippen molar-refractivity contribution in [1.29, 1.82) is 0 Å². The summed E-state index contributed by atoms with van der Waals surface area (Å²) in [6.45, 7) is 5.83. The molecule has 4 heteroatoms. The van der Waals surface area contributed by atoms with Gasteiger partial charge < -0.3 is 15.8 Å². The molecular formula is C12H18N2O2. The van der Waals surface area contributed by atoms with Crippen molar-refractivity contribution >= 4 is 6.09 Å². The highest BCUT2D eigenvalue weighted by Gasteiger charge is 1.96. The van der Waals surface area contributed by atoms with Crippen molar-refractivity contribution in [1.82, 2.24) is 5.32 Å². The Balaban J connectivity index is 2.29. The highest BCUT2D eigenvalue weighted by atomic mass is 16.5. The summed E-state index contributed by atoms with van der Waals surface area (Å²) in [4.78, 5) is 10.3. The monoisotopic (exact) mass is 222 g/mol. The van der Waals surface area contributed by atoms with Crippen molar-refractivity contribution in [2.45, 2.75) is 20.4 Å². The lowest BCUT2D eigenvalue weighted by atomic mass is 10.1. The van der Waals surface area contributed by atoms with Crippen LogP contribution in [0.15, 0.2) is 18.2 Å². The van der Waals surface area contributed by atoms with E-state index in [0.29, 0.717) is 13.2 Å². The largest absolute Gasteiger partial charge is 0.448 e. The van der Waals surface area contributed by atoms with E-state index in [1.165, 1.54) is 16.7 Å². The first-order valence-electron chi connectivity index (χ1n) is 5.28. The molecule has 0 fully saturated rings. The van der Waals surface area contributed by atoms with Crippen LogP contribution in [0.2, 0.25) is 0 Å². The van der Waals surface area contributed by atoms with Crippen LogP contribution in [0.1, 0.15) is 16.7 Å². The molecule has 3 N–H and O–H groups in total. The van der Waals surface area contributed by atoms with Gasteiger partial charge in [-0.2, -0.15) is 0 Å². The third kappa shape index (κ3) is 4.79. The molecule has 0 aliphatic carbocycles. The second-order valence-electron chi connectivity index (χ2n) is 3.84. The summed E-state index contributed by atoms with van der Waals surface area (Å²) in [7, 11) is 0. The maximum absolute atomic E-state index is 10.3.